The number of carbonyl (C=O) groups excluding carboxylic acids is 2. The molecule has 3 aliphatic rings. The first-order chi connectivity index (χ1) is 11.6. The zero-order valence-electron chi connectivity index (χ0n) is 14.0. The lowest BCUT2D eigenvalue weighted by Crippen LogP contribution is -2.40. The molecule has 1 aromatic heterocycles. The van der Waals surface area contributed by atoms with Crippen LogP contribution in [0.1, 0.15) is 30.0 Å². The van der Waals surface area contributed by atoms with Gasteiger partial charge < -0.3 is 14.5 Å². The van der Waals surface area contributed by atoms with Crippen molar-refractivity contribution in [2.24, 2.45) is 11.3 Å². The summed E-state index contributed by atoms with van der Waals surface area (Å²) in [5, 5.41) is 3.06. The Morgan fingerprint density at radius 3 is 3.00 bits per heavy atom. The Hall–Kier alpha value is -1.47. The van der Waals surface area contributed by atoms with Gasteiger partial charge in [0.15, 0.2) is 0 Å². The molecule has 0 aliphatic carbocycles. The first-order valence-electron chi connectivity index (χ1n) is 8.64. The lowest BCUT2D eigenvalue weighted by Gasteiger charge is -2.24. The van der Waals surface area contributed by atoms with Crippen molar-refractivity contribution in [2.45, 2.75) is 32.7 Å². The van der Waals surface area contributed by atoms with Crippen molar-refractivity contribution in [1.82, 2.24) is 14.8 Å². The first kappa shape index (κ1) is 16.0. The maximum absolute atomic E-state index is 13.0. The van der Waals surface area contributed by atoms with Gasteiger partial charge >= 0.3 is 0 Å². The molecular weight excluding hydrogens is 326 g/mol. The van der Waals surface area contributed by atoms with Gasteiger partial charge in [0.05, 0.1) is 35.2 Å². The summed E-state index contributed by atoms with van der Waals surface area (Å²) in [7, 11) is 0. The highest BCUT2D eigenvalue weighted by Gasteiger charge is 2.52. The molecule has 1 aromatic rings. The molecule has 4 rings (SSSR count). The van der Waals surface area contributed by atoms with E-state index in [0.717, 1.165) is 36.5 Å². The lowest BCUT2D eigenvalue weighted by molar-refractivity contribution is -0.138. The van der Waals surface area contributed by atoms with Gasteiger partial charge in [-0.3, -0.25) is 9.59 Å². The zero-order valence-corrected chi connectivity index (χ0v) is 14.8. The van der Waals surface area contributed by atoms with E-state index in [4.69, 9.17) is 4.74 Å². The van der Waals surface area contributed by atoms with Gasteiger partial charge in [0, 0.05) is 31.6 Å². The molecule has 3 aliphatic heterocycles. The molecule has 0 bridgehead atoms. The SMILES string of the molecule is Cc1nc(CN2CC[C@]3(CCN(C(=O)[C@H]4CCOC4)C3)C2=O)cs1. The molecule has 0 aromatic carbocycles. The van der Waals surface area contributed by atoms with Crippen LogP contribution in [0.3, 0.4) is 0 Å². The maximum Gasteiger partial charge on any atom is 0.231 e. The van der Waals surface area contributed by atoms with Crippen molar-refractivity contribution in [1.29, 1.82) is 0 Å². The molecule has 7 heteroatoms. The minimum absolute atomic E-state index is 0.00857. The van der Waals surface area contributed by atoms with E-state index in [2.05, 4.69) is 4.98 Å². The first-order valence-corrected chi connectivity index (χ1v) is 9.52. The van der Waals surface area contributed by atoms with Crippen LogP contribution in [0.4, 0.5) is 0 Å². The molecule has 2 atom stereocenters. The molecule has 130 valence electrons. The van der Waals surface area contributed by atoms with Gasteiger partial charge in [0.2, 0.25) is 11.8 Å². The molecule has 6 nitrogen and oxygen atoms in total. The van der Waals surface area contributed by atoms with E-state index in [9.17, 15) is 9.59 Å². The number of hydrogen-bond donors (Lipinski definition) is 0. The molecule has 0 radical (unpaired) electrons. The summed E-state index contributed by atoms with van der Waals surface area (Å²) >= 11 is 1.62. The highest BCUT2D eigenvalue weighted by molar-refractivity contribution is 7.09. The predicted octanol–water partition coefficient (Wildman–Crippen LogP) is 1.44. The number of ether oxygens (including phenoxy) is 1. The number of likely N-dealkylation sites (tertiary alicyclic amines) is 2. The Kier molecular flexibility index (Phi) is 4.08. The standard InChI is InChI=1S/C17H23N3O3S/c1-12-18-14(10-24-12)8-19-5-3-17(16(19)22)4-6-20(11-17)15(21)13-2-7-23-9-13/h10,13H,2-9,11H2,1H3/t13-,17+/m0/s1. The van der Waals surface area contributed by atoms with Gasteiger partial charge in [-0.2, -0.15) is 0 Å². The van der Waals surface area contributed by atoms with Gasteiger partial charge in [-0.15, -0.1) is 11.3 Å². The summed E-state index contributed by atoms with van der Waals surface area (Å²) in [6, 6.07) is 0. The Morgan fingerprint density at radius 1 is 1.46 bits per heavy atom. The van der Waals surface area contributed by atoms with Crippen LogP contribution in [-0.2, 0) is 20.9 Å². The number of aromatic nitrogens is 1. The second-order valence-corrected chi connectivity index (χ2v) is 8.25. The van der Waals surface area contributed by atoms with Crippen molar-refractivity contribution in [2.75, 3.05) is 32.8 Å². The van der Waals surface area contributed by atoms with Crippen LogP contribution in [0.25, 0.3) is 0 Å². The maximum atomic E-state index is 13.0. The van der Waals surface area contributed by atoms with Crippen LogP contribution >= 0.6 is 11.3 Å². The van der Waals surface area contributed by atoms with Crippen LogP contribution in [0.15, 0.2) is 5.38 Å². The Bertz CT molecular complexity index is 655. The number of nitrogens with zero attached hydrogens (tertiary/aromatic N) is 3. The summed E-state index contributed by atoms with van der Waals surface area (Å²) in [4.78, 5) is 33.8. The van der Waals surface area contributed by atoms with E-state index >= 15 is 0 Å². The monoisotopic (exact) mass is 349 g/mol. The van der Waals surface area contributed by atoms with E-state index in [-0.39, 0.29) is 23.1 Å². The van der Waals surface area contributed by atoms with Crippen molar-refractivity contribution < 1.29 is 14.3 Å². The highest BCUT2D eigenvalue weighted by atomic mass is 32.1. The molecule has 24 heavy (non-hydrogen) atoms. The minimum Gasteiger partial charge on any atom is -0.381 e. The Morgan fingerprint density at radius 2 is 2.29 bits per heavy atom. The summed E-state index contributed by atoms with van der Waals surface area (Å²) in [5.74, 6) is 0.364. The topological polar surface area (TPSA) is 62.7 Å². The average Bonchev–Trinajstić information content (AvgIpc) is 3.34. The summed E-state index contributed by atoms with van der Waals surface area (Å²) in [6.07, 6.45) is 2.45. The fourth-order valence-electron chi connectivity index (χ4n) is 4.15. The fraction of sp³-hybridized carbons (Fsp3) is 0.706. The van der Waals surface area contributed by atoms with Crippen LogP contribution in [0.2, 0.25) is 0 Å². The third-order valence-corrected chi connectivity index (χ3v) is 6.39. The van der Waals surface area contributed by atoms with Crippen molar-refractivity contribution in [3.05, 3.63) is 16.1 Å². The summed E-state index contributed by atoms with van der Waals surface area (Å²) < 4.78 is 5.33. The molecule has 2 amide bonds. The number of aryl methyl sites for hydroxylation is 1. The second-order valence-electron chi connectivity index (χ2n) is 7.19. The van der Waals surface area contributed by atoms with Crippen LogP contribution in [0.5, 0.6) is 0 Å². The van der Waals surface area contributed by atoms with Crippen LogP contribution in [-0.4, -0.2) is 59.4 Å². The van der Waals surface area contributed by atoms with Gasteiger partial charge in [-0.05, 0) is 26.2 Å². The van der Waals surface area contributed by atoms with E-state index in [1.165, 1.54) is 0 Å². The number of amides is 2. The van der Waals surface area contributed by atoms with Crippen molar-refractivity contribution >= 4 is 23.2 Å². The van der Waals surface area contributed by atoms with Crippen molar-refractivity contribution in [3.8, 4) is 0 Å². The largest absolute Gasteiger partial charge is 0.381 e. The third-order valence-electron chi connectivity index (χ3n) is 5.56. The van der Waals surface area contributed by atoms with Gasteiger partial charge in [-0.25, -0.2) is 4.98 Å². The molecule has 4 heterocycles. The smallest absolute Gasteiger partial charge is 0.231 e. The number of carbonyl (C=O) groups is 2. The minimum atomic E-state index is -0.361. The molecule has 3 fully saturated rings. The predicted molar refractivity (Wildman–Crippen MR) is 89.4 cm³/mol. The lowest BCUT2D eigenvalue weighted by atomic mass is 9.85. The summed E-state index contributed by atoms with van der Waals surface area (Å²) in [6.45, 7) is 5.83. The molecule has 1 spiro atoms. The van der Waals surface area contributed by atoms with Gasteiger partial charge in [-0.1, -0.05) is 0 Å². The van der Waals surface area contributed by atoms with E-state index in [0.29, 0.717) is 32.8 Å². The van der Waals surface area contributed by atoms with Crippen LogP contribution < -0.4 is 0 Å². The summed E-state index contributed by atoms with van der Waals surface area (Å²) in [5.41, 5.74) is 0.608. The quantitative estimate of drug-likeness (QED) is 0.828. The van der Waals surface area contributed by atoms with Crippen molar-refractivity contribution in [3.63, 3.8) is 0 Å². The average molecular weight is 349 g/mol. The van der Waals surface area contributed by atoms with Gasteiger partial charge in [0.25, 0.3) is 0 Å². The fourth-order valence-corrected chi connectivity index (χ4v) is 4.75. The van der Waals surface area contributed by atoms with E-state index < -0.39 is 0 Å². The molecular formula is C17H23N3O3S. The normalized spacial score (nSPS) is 30.0. The van der Waals surface area contributed by atoms with E-state index in [1.807, 2.05) is 22.1 Å². The number of thiazole rings is 1. The second kappa shape index (κ2) is 6.11. The van der Waals surface area contributed by atoms with Crippen LogP contribution in [0, 0.1) is 18.3 Å². The Labute approximate surface area is 145 Å². The molecule has 0 N–H and O–H groups in total. The number of hydrogen-bond acceptors (Lipinski definition) is 5. The zero-order chi connectivity index (χ0) is 16.7. The van der Waals surface area contributed by atoms with E-state index in [1.54, 1.807) is 11.3 Å². The molecule has 0 unspecified atom stereocenters. The highest BCUT2D eigenvalue weighted by Crippen LogP contribution is 2.41. The third kappa shape index (κ3) is 2.73. The molecule has 3 saturated heterocycles. The van der Waals surface area contributed by atoms with Gasteiger partial charge in [0.1, 0.15) is 0 Å². The Balaban J connectivity index is 1.41. The molecule has 0 saturated carbocycles. The number of rotatable bonds is 3.